The van der Waals surface area contributed by atoms with Gasteiger partial charge in [-0.05, 0) is 18.4 Å². The van der Waals surface area contributed by atoms with E-state index in [1.54, 1.807) is 0 Å². The van der Waals surface area contributed by atoms with E-state index in [1.807, 2.05) is 19.9 Å². The van der Waals surface area contributed by atoms with E-state index in [4.69, 9.17) is 0 Å². The van der Waals surface area contributed by atoms with Gasteiger partial charge in [-0.3, -0.25) is 9.69 Å². The quantitative estimate of drug-likeness (QED) is 0.814. The first kappa shape index (κ1) is 12.7. The van der Waals surface area contributed by atoms with Crippen molar-refractivity contribution < 1.29 is 4.79 Å². The monoisotopic (exact) mass is 258 g/mol. The molecule has 0 radical (unpaired) electrons. The van der Waals surface area contributed by atoms with Crippen LogP contribution in [0.5, 0.6) is 0 Å². The minimum absolute atomic E-state index is 0.0752. The zero-order valence-corrected chi connectivity index (χ0v) is 11.7. The Labute approximate surface area is 115 Å². The minimum Gasteiger partial charge on any atom is -0.321 e. The molecule has 3 nitrogen and oxygen atoms in total. The van der Waals surface area contributed by atoms with E-state index in [2.05, 4.69) is 34.1 Å². The van der Waals surface area contributed by atoms with E-state index in [0.717, 1.165) is 13.1 Å². The maximum absolute atomic E-state index is 12.5. The first-order valence-electron chi connectivity index (χ1n) is 7.29. The lowest BCUT2D eigenvalue weighted by molar-refractivity contribution is -0.137. The fourth-order valence-corrected chi connectivity index (χ4v) is 3.42. The van der Waals surface area contributed by atoms with E-state index in [1.165, 1.54) is 18.4 Å². The Morgan fingerprint density at radius 3 is 2.68 bits per heavy atom. The summed E-state index contributed by atoms with van der Waals surface area (Å²) in [6.45, 7) is 6.00. The lowest BCUT2D eigenvalue weighted by atomic mass is 10.1. The standard InChI is InChI=1S/C16H22N2O/c1-12(2)16(19)18-11-14-9-6-10-17(14)15(18)13-7-4-3-5-8-13/h3-5,7-8,12,14-15H,6,9-11H2,1-2H3. The van der Waals surface area contributed by atoms with Gasteiger partial charge in [-0.25, -0.2) is 0 Å². The topological polar surface area (TPSA) is 23.6 Å². The van der Waals surface area contributed by atoms with E-state index >= 15 is 0 Å². The van der Waals surface area contributed by atoms with Gasteiger partial charge in [0.1, 0.15) is 6.17 Å². The van der Waals surface area contributed by atoms with Crippen LogP contribution in [0.1, 0.15) is 38.4 Å². The molecule has 2 heterocycles. The number of amides is 1. The van der Waals surface area contributed by atoms with Crippen molar-refractivity contribution in [3.8, 4) is 0 Å². The molecule has 2 fully saturated rings. The Bertz CT molecular complexity index is 457. The van der Waals surface area contributed by atoms with E-state index in [0.29, 0.717) is 6.04 Å². The third-order valence-electron chi connectivity index (χ3n) is 4.31. The van der Waals surface area contributed by atoms with Crippen molar-refractivity contribution in [3.63, 3.8) is 0 Å². The second-order valence-corrected chi connectivity index (χ2v) is 5.96. The molecule has 102 valence electrons. The highest BCUT2D eigenvalue weighted by atomic mass is 16.2. The molecule has 1 amide bonds. The summed E-state index contributed by atoms with van der Waals surface area (Å²) in [5, 5.41) is 0. The zero-order chi connectivity index (χ0) is 13.4. The number of hydrogen-bond donors (Lipinski definition) is 0. The average Bonchev–Trinajstić information content (AvgIpc) is 2.98. The molecule has 3 heteroatoms. The molecule has 0 bridgehead atoms. The Balaban J connectivity index is 1.93. The maximum Gasteiger partial charge on any atom is 0.226 e. The average molecular weight is 258 g/mol. The van der Waals surface area contributed by atoms with E-state index < -0.39 is 0 Å². The molecule has 2 aliphatic rings. The molecule has 2 atom stereocenters. The number of benzene rings is 1. The molecule has 2 saturated heterocycles. The van der Waals surface area contributed by atoms with Gasteiger partial charge in [-0.2, -0.15) is 0 Å². The van der Waals surface area contributed by atoms with Crippen LogP contribution in [0.2, 0.25) is 0 Å². The second-order valence-electron chi connectivity index (χ2n) is 5.96. The largest absolute Gasteiger partial charge is 0.321 e. The van der Waals surface area contributed by atoms with E-state index in [-0.39, 0.29) is 18.0 Å². The summed E-state index contributed by atoms with van der Waals surface area (Å²) in [4.78, 5) is 17.1. The van der Waals surface area contributed by atoms with Crippen molar-refractivity contribution in [1.82, 2.24) is 9.80 Å². The van der Waals surface area contributed by atoms with Crippen molar-refractivity contribution in [1.29, 1.82) is 0 Å². The summed E-state index contributed by atoms with van der Waals surface area (Å²) >= 11 is 0. The summed E-state index contributed by atoms with van der Waals surface area (Å²) in [7, 11) is 0. The number of carbonyl (C=O) groups is 1. The molecule has 0 spiro atoms. The zero-order valence-electron chi connectivity index (χ0n) is 11.7. The lowest BCUT2D eigenvalue weighted by Crippen LogP contribution is -2.37. The normalized spacial score (nSPS) is 27.0. The van der Waals surface area contributed by atoms with Crippen LogP contribution < -0.4 is 0 Å². The Morgan fingerprint density at radius 2 is 2.00 bits per heavy atom. The van der Waals surface area contributed by atoms with Crippen LogP contribution in [0.25, 0.3) is 0 Å². The van der Waals surface area contributed by atoms with Gasteiger partial charge in [0, 0.05) is 25.0 Å². The highest BCUT2D eigenvalue weighted by Gasteiger charge is 2.44. The first-order valence-corrected chi connectivity index (χ1v) is 7.29. The molecule has 1 aromatic rings. The lowest BCUT2D eigenvalue weighted by Gasteiger charge is -2.31. The summed E-state index contributed by atoms with van der Waals surface area (Å²) in [6.07, 6.45) is 2.65. The number of carbonyl (C=O) groups excluding carboxylic acids is 1. The van der Waals surface area contributed by atoms with Crippen molar-refractivity contribution in [2.24, 2.45) is 5.92 Å². The van der Waals surface area contributed by atoms with Crippen molar-refractivity contribution in [2.45, 2.75) is 38.9 Å². The van der Waals surface area contributed by atoms with Gasteiger partial charge in [-0.1, -0.05) is 44.2 Å². The van der Waals surface area contributed by atoms with Gasteiger partial charge in [0.2, 0.25) is 5.91 Å². The van der Waals surface area contributed by atoms with Gasteiger partial charge in [0.25, 0.3) is 0 Å². The second kappa shape index (κ2) is 4.97. The van der Waals surface area contributed by atoms with Crippen molar-refractivity contribution in [2.75, 3.05) is 13.1 Å². The van der Waals surface area contributed by atoms with Crippen LogP contribution in [0.15, 0.2) is 30.3 Å². The highest BCUT2D eigenvalue weighted by molar-refractivity contribution is 5.79. The number of nitrogens with zero attached hydrogens (tertiary/aromatic N) is 2. The number of hydrogen-bond acceptors (Lipinski definition) is 2. The van der Waals surface area contributed by atoms with Gasteiger partial charge < -0.3 is 4.90 Å². The summed E-state index contributed by atoms with van der Waals surface area (Å²) in [5.74, 6) is 0.356. The van der Waals surface area contributed by atoms with Gasteiger partial charge >= 0.3 is 0 Å². The van der Waals surface area contributed by atoms with Crippen LogP contribution >= 0.6 is 0 Å². The maximum atomic E-state index is 12.5. The summed E-state index contributed by atoms with van der Waals surface area (Å²) in [5.41, 5.74) is 1.25. The van der Waals surface area contributed by atoms with Crippen LogP contribution in [0, 0.1) is 5.92 Å². The fraction of sp³-hybridized carbons (Fsp3) is 0.562. The Kier molecular flexibility index (Phi) is 3.31. The highest BCUT2D eigenvalue weighted by Crippen LogP contribution is 2.39. The van der Waals surface area contributed by atoms with Crippen molar-refractivity contribution >= 4 is 5.91 Å². The smallest absolute Gasteiger partial charge is 0.226 e. The van der Waals surface area contributed by atoms with Gasteiger partial charge in [-0.15, -0.1) is 0 Å². The molecular weight excluding hydrogens is 236 g/mol. The molecule has 2 unspecified atom stereocenters. The van der Waals surface area contributed by atoms with Crippen LogP contribution in [-0.4, -0.2) is 34.8 Å². The first-order chi connectivity index (χ1) is 9.18. The SMILES string of the molecule is CC(C)C(=O)N1CC2CCCN2C1c1ccccc1. The van der Waals surface area contributed by atoms with E-state index in [9.17, 15) is 4.79 Å². The third-order valence-corrected chi connectivity index (χ3v) is 4.31. The van der Waals surface area contributed by atoms with Crippen LogP contribution in [0.4, 0.5) is 0 Å². The Hall–Kier alpha value is -1.35. The molecule has 0 saturated carbocycles. The molecule has 19 heavy (non-hydrogen) atoms. The predicted molar refractivity (Wildman–Crippen MR) is 75.5 cm³/mol. The molecule has 2 aliphatic heterocycles. The van der Waals surface area contributed by atoms with Crippen molar-refractivity contribution in [3.05, 3.63) is 35.9 Å². The molecular formula is C16H22N2O. The molecule has 0 aromatic heterocycles. The van der Waals surface area contributed by atoms with Gasteiger partial charge in [0.15, 0.2) is 0 Å². The summed E-state index contributed by atoms with van der Waals surface area (Å²) < 4.78 is 0. The molecule has 1 aromatic carbocycles. The predicted octanol–water partition coefficient (Wildman–Crippen LogP) is 2.65. The third kappa shape index (κ3) is 2.16. The molecule has 0 N–H and O–H groups in total. The van der Waals surface area contributed by atoms with Crippen LogP contribution in [-0.2, 0) is 4.79 Å². The Morgan fingerprint density at radius 1 is 1.26 bits per heavy atom. The molecule has 3 rings (SSSR count). The fourth-order valence-electron chi connectivity index (χ4n) is 3.42. The molecule has 0 aliphatic carbocycles. The number of fused-ring (bicyclic) bond motifs is 1. The van der Waals surface area contributed by atoms with Gasteiger partial charge in [0.05, 0.1) is 0 Å². The minimum atomic E-state index is 0.0752. The van der Waals surface area contributed by atoms with Crippen LogP contribution in [0.3, 0.4) is 0 Å². The summed E-state index contributed by atoms with van der Waals surface area (Å²) in [6, 6.07) is 11.0. The number of rotatable bonds is 2.